The largest absolute Gasteiger partial charge is 0.489 e. The van der Waals surface area contributed by atoms with Gasteiger partial charge in [0.25, 0.3) is 0 Å². The van der Waals surface area contributed by atoms with Crippen LogP contribution in [0.2, 0.25) is 0 Å². The summed E-state index contributed by atoms with van der Waals surface area (Å²) in [6, 6.07) is 15.5. The van der Waals surface area contributed by atoms with Crippen molar-refractivity contribution in [1.82, 2.24) is 0 Å². The summed E-state index contributed by atoms with van der Waals surface area (Å²) in [7, 11) is 0. The van der Waals surface area contributed by atoms with Crippen LogP contribution in [-0.4, -0.2) is 6.29 Å². The van der Waals surface area contributed by atoms with Crippen LogP contribution in [0.3, 0.4) is 0 Å². The first-order chi connectivity index (χ1) is 9.36. The summed E-state index contributed by atoms with van der Waals surface area (Å²) in [4.78, 5) is 10.7. The van der Waals surface area contributed by atoms with E-state index < -0.39 is 0 Å². The van der Waals surface area contributed by atoms with Crippen molar-refractivity contribution in [2.45, 2.75) is 6.61 Å². The molecule has 0 radical (unpaired) electrons. The Bertz CT molecular complexity index is 715. The van der Waals surface area contributed by atoms with Crippen LogP contribution in [-0.2, 0) is 6.61 Å². The topological polar surface area (TPSA) is 26.3 Å². The zero-order valence-electron chi connectivity index (χ0n) is 10.2. The van der Waals surface area contributed by atoms with E-state index in [1.54, 1.807) is 23.5 Å². The Morgan fingerprint density at radius 2 is 2.00 bits per heavy atom. The summed E-state index contributed by atoms with van der Waals surface area (Å²) in [5.41, 5.74) is 1.81. The van der Waals surface area contributed by atoms with Gasteiger partial charge in [0.05, 0.1) is 0 Å². The fraction of sp³-hybridized carbons (Fsp3) is 0.0625. The van der Waals surface area contributed by atoms with E-state index in [1.165, 1.54) is 15.6 Å². The summed E-state index contributed by atoms with van der Waals surface area (Å²) in [6.07, 6.45) is 0.826. The standard InChI is InChI=1S/C16H12O2S/c17-9-12-4-3-5-14(8-12)18-10-13-11-19-16-7-2-1-6-15(13)16/h1-9,11H,10H2. The monoisotopic (exact) mass is 268 g/mol. The molecular formula is C16H12O2S. The molecule has 0 amide bonds. The lowest BCUT2D eigenvalue weighted by atomic mass is 10.2. The molecular weight excluding hydrogens is 256 g/mol. The summed E-state index contributed by atoms with van der Waals surface area (Å²) >= 11 is 1.72. The number of ether oxygens (including phenoxy) is 1. The van der Waals surface area contributed by atoms with E-state index in [2.05, 4.69) is 17.5 Å². The Hall–Kier alpha value is -2.13. The predicted molar refractivity (Wildman–Crippen MR) is 78.0 cm³/mol. The normalized spacial score (nSPS) is 10.5. The van der Waals surface area contributed by atoms with Crippen molar-refractivity contribution in [1.29, 1.82) is 0 Å². The second kappa shape index (κ2) is 5.24. The van der Waals surface area contributed by atoms with E-state index in [0.717, 1.165) is 12.0 Å². The van der Waals surface area contributed by atoms with Crippen LogP contribution < -0.4 is 4.74 Å². The van der Waals surface area contributed by atoms with E-state index in [9.17, 15) is 4.79 Å². The summed E-state index contributed by atoms with van der Waals surface area (Å²) < 4.78 is 7.02. The quantitative estimate of drug-likeness (QED) is 0.660. The molecule has 19 heavy (non-hydrogen) atoms. The highest BCUT2D eigenvalue weighted by molar-refractivity contribution is 7.17. The predicted octanol–water partition coefficient (Wildman–Crippen LogP) is 4.29. The Kier molecular flexibility index (Phi) is 3.29. The molecule has 0 spiro atoms. The van der Waals surface area contributed by atoms with Crippen LogP contribution in [0.1, 0.15) is 15.9 Å². The second-order valence-electron chi connectivity index (χ2n) is 4.24. The lowest BCUT2D eigenvalue weighted by Crippen LogP contribution is -1.94. The molecule has 0 N–H and O–H groups in total. The maximum absolute atomic E-state index is 10.7. The molecule has 0 fully saturated rings. The number of benzene rings is 2. The van der Waals surface area contributed by atoms with E-state index in [0.29, 0.717) is 12.2 Å². The van der Waals surface area contributed by atoms with Gasteiger partial charge in [-0.2, -0.15) is 0 Å². The van der Waals surface area contributed by atoms with Crippen molar-refractivity contribution in [2.75, 3.05) is 0 Å². The van der Waals surface area contributed by atoms with Crippen LogP contribution in [0.15, 0.2) is 53.9 Å². The van der Waals surface area contributed by atoms with Crippen LogP contribution >= 0.6 is 11.3 Å². The smallest absolute Gasteiger partial charge is 0.150 e. The molecule has 0 aliphatic rings. The average Bonchev–Trinajstić information content (AvgIpc) is 2.89. The Balaban J connectivity index is 1.80. The number of hydrogen-bond donors (Lipinski definition) is 0. The first kappa shape index (κ1) is 11.9. The van der Waals surface area contributed by atoms with Crippen LogP contribution in [0.25, 0.3) is 10.1 Å². The van der Waals surface area contributed by atoms with Gasteiger partial charge >= 0.3 is 0 Å². The van der Waals surface area contributed by atoms with Crippen LogP contribution in [0.5, 0.6) is 5.75 Å². The summed E-state index contributed by atoms with van der Waals surface area (Å²) in [5.74, 6) is 0.722. The molecule has 0 aliphatic heterocycles. The SMILES string of the molecule is O=Cc1cccc(OCc2csc3ccccc23)c1. The van der Waals surface area contributed by atoms with Crippen molar-refractivity contribution < 1.29 is 9.53 Å². The maximum atomic E-state index is 10.7. The Morgan fingerprint density at radius 1 is 1.11 bits per heavy atom. The van der Waals surface area contributed by atoms with Crippen molar-refractivity contribution >= 4 is 27.7 Å². The van der Waals surface area contributed by atoms with Gasteiger partial charge in [-0.05, 0) is 29.0 Å². The third kappa shape index (κ3) is 2.51. The molecule has 0 bridgehead atoms. The van der Waals surface area contributed by atoms with Gasteiger partial charge in [-0.3, -0.25) is 4.79 Å². The van der Waals surface area contributed by atoms with Gasteiger partial charge in [-0.25, -0.2) is 0 Å². The minimum Gasteiger partial charge on any atom is -0.489 e. The second-order valence-corrected chi connectivity index (χ2v) is 5.15. The number of hydrogen-bond acceptors (Lipinski definition) is 3. The molecule has 94 valence electrons. The Labute approximate surface area is 115 Å². The molecule has 0 saturated carbocycles. The number of rotatable bonds is 4. The summed E-state index contributed by atoms with van der Waals surface area (Å²) in [6.45, 7) is 0.520. The van der Waals surface area contributed by atoms with Gasteiger partial charge in [-0.1, -0.05) is 30.3 Å². The lowest BCUT2D eigenvalue weighted by Gasteiger charge is -2.05. The third-order valence-electron chi connectivity index (χ3n) is 2.95. The van der Waals surface area contributed by atoms with Gasteiger partial charge in [0.1, 0.15) is 18.6 Å². The van der Waals surface area contributed by atoms with Gasteiger partial charge in [0.2, 0.25) is 0 Å². The summed E-state index contributed by atoms with van der Waals surface area (Å²) in [5, 5.41) is 3.35. The zero-order valence-corrected chi connectivity index (χ0v) is 11.0. The number of carbonyl (C=O) groups is 1. The first-order valence-electron chi connectivity index (χ1n) is 6.00. The molecule has 1 heterocycles. The number of thiophene rings is 1. The zero-order chi connectivity index (χ0) is 13.1. The molecule has 0 atom stereocenters. The molecule has 3 rings (SSSR count). The highest BCUT2D eigenvalue weighted by atomic mass is 32.1. The van der Waals surface area contributed by atoms with E-state index in [1.807, 2.05) is 24.3 Å². The highest BCUT2D eigenvalue weighted by Crippen LogP contribution is 2.26. The van der Waals surface area contributed by atoms with Gasteiger partial charge in [-0.15, -0.1) is 11.3 Å². The van der Waals surface area contributed by atoms with Crippen LogP contribution in [0, 0.1) is 0 Å². The van der Waals surface area contributed by atoms with Crippen LogP contribution in [0.4, 0.5) is 0 Å². The van der Waals surface area contributed by atoms with Crippen molar-refractivity contribution in [3.8, 4) is 5.75 Å². The molecule has 0 aliphatic carbocycles. The van der Waals surface area contributed by atoms with Gasteiger partial charge in [0, 0.05) is 15.8 Å². The lowest BCUT2D eigenvalue weighted by molar-refractivity contribution is 0.112. The number of carbonyl (C=O) groups excluding carboxylic acids is 1. The molecule has 3 aromatic rings. The van der Waals surface area contributed by atoms with E-state index in [4.69, 9.17) is 4.74 Å². The molecule has 3 heteroatoms. The van der Waals surface area contributed by atoms with E-state index in [-0.39, 0.29) is 0 Å². The molecule has 0 saturated heterocycles. The highest BCUT2D eigenvalue weighted by Gasteiger charge is 2.04. The minimum atomic E-state index is 0.520. The maximum Gasteiger partial charge on any atom is 0.150 e. The fourth-order valence-electron chi connectivity index (χ4n) is 1.98. The van der Waals surface area contributed by atoms with Crippen molar-refractivity contribution in [3.63, 3.8) is 0 Å². The first-order valence-corrected chi connectivity index (χ1v) is 6.88. The van der Waals surface area contributed by atoms with Crippen molar-refractivity contribution in [3.05, 3.63) is 65.0 Å². The van der Waals surface area contributed by atoms with Crippen molar-refractivity contribution in [2.24, 2.45) is 0 Å². The molecule has 1 aromatic heterocycles. The average molecular weight is 268 g/mol. The molecule has 0 unspecified atom stereocenters. The fourth-order valence-corrected chi connectivity index (χ4v) is 2.93. The number of aldehydes is 1. The minimum absolute atomic E-state index is 0.520. The molecule has 2 aromatic carbocycles. The third-order valence-corrected chi connectivity index (χ3v) is 3.96. The number of fused-ring (bicyclic) bond motifs is 1. The van der Waals surface area contributed by atoms with Gasteiger partial charge in [0.15, 0.2) is 0 Å². The Morgan fingerprint density at radius 3 is 2.89 bits per heavy atom. The molecule has 2 nitrogen and oxygen atoms in total. The van der Waals surface area contributed by atoms with E-state index >= 15 is 0 Å². The van der Waals surface area contributed by atoms with Gasteiger partial charge < -0.3 is 4.74 Å².